The van der Waals surface area contributed by atoms with Gasteiger partial charge in [-0.1, -0.05) is 6.42 Å². The molecule has 2 N–H and O–H groups in total. The Morgan fingerprint density at radius 3 is 2.41 bits per heavy atom. The van der Waals surface area contributed by atoms with E-state index in [-0.39, 0.29) is 6.04 Å². The zero-order valence-electron chi connectivity index (χ0n) is 16.4. The van der Waals surface area contributed by atoms with Crippen molar-refractivity contribution in [2.75, 3.05) is 39.0 Å². The Labute approximate surface area is 167 Å². The maximum Gasteiger partial charge on any atom is 0.239 e. The van der Waals surface area contributed by atoms with Gasteiger partial charge >= 0.3 is 0 Å². The van der Waals surface area contributed by atoms with E-state index in [1.807, 2.05) is 18.4 Å². The van der Waals surface area contributed by atoms with Gasteiger partial charge in [0.2, 0.25) is 5.91 Å². The highest BCUT2D eigenvalue weighted by Gasteiger charge is 2.30. The smallest absolute Gasteiger partial charge is 0.239 e. The van der Waals surface area contributed by atoms with Gasteiger partial charge in [-0.25, -0.2) is 0 Å². The number of rotatable bonds is 3. The van der Waals surface area contributed by atoms with E-state index < -0.39 is 0 Å². The maximum atomic E-state index is 12.4. The van der Waals surface area contributed by atoms with Crippen molar-refractivity contribution in [3.63, 3.8) is 0 Å². The SMILES string of the molecule is CSc1ccc(O)cc1.O=C([C@H]1CCCN1)N1CCCN(C2CCC2)CC1. The van der Waals surface area contributed by atoms with Crippen LogP contribution in [0.25, 0.3) is 0 Å². The van der Waals surface area contributed by atoms with Gasteiger partial charge in [-0.05, 0) is 69.2 Å². The van der Waals surface area contributed by atoms with E-state index in [0.717, 1.165) is 51.5 Å². The third kappa shape index (κ3) is 5.87. The van der Waals surface area contributed by atoms with Crippen LogP contribution in [0.2, 0.25) is 0 Å². The number of benzene rings is 1. The van der Waals surface area contributed by atoms with Gasteiger partial charge in [0.25, 0.3) is 0 Å². The number of nitrogens with one attached hydrogen (secondary N) is 1. The number of carbonyl (C=O) groups excluding carboxylic acids is 1. The molecule has 2 aliphatic heterocycles. The third-order valence-corrected chi connectivity index (χ3v) is 6.61. The highest BCUT2D eigenvalue weighted by atomic mass is 32.2. The summed E-state index contributed by atoms with van der Waals surface area (Å²) in [6, 6.07) is 8.09. The number of nitrogens with zero attached hydrogens (tertiary/aromatic N) is 2. The molecule has 1 amide bonds. The van der Waals surface area contributed by atoms with E-state index in [9.17, 15) is 4.79 Å². The van der Waals surface area contributed by atoms with E-state index in [0.29, 0.717) is 11.7 Å². The Morgan fingerprint density at radius 2 is 1.81 bits per heavy atom. The van der Waals surface area contributed by atoms with Crippen molar-refractivity contribution in [1.82, 2.24) is 15.1 Å². The van der Waals surface area contributed by atoms with Gasteiger partial charge in [-0.2, -0.15) is 0 Å². The fraction of sp³-hybridized carbons (Fsp3) is 0.667. The Hall–Kier alpha value is -1.24. The minimum atomic E-state index is 0.111. The summed E-state index contributed by atoms with van der Waals surface area (Å²) in [4.78, 5) is 18.2. The molecule has 1 aromatic carbocycles. The number of aromatic hydroxyl groups is 1. The molecule has 0 unspecified atom stereocenters. The first-order valence-electron chi connectivity index (χ1n) is 10.3. The average molecular weight is 392 g/mol. The van der Waals surface area contributed by atoms with E-state index in [2.05, 4.69) is 15.1 Å². The van der Waals surface area contributed by atoms with E-state index >= 15 is 0 Å². The first-order chi connectivity index (χ1) is 13.2. The lowest BCUT2D eigenvalue weighted by atomic mass is 9.91. The topological polar surface area (TPSA) is 55.8 Å². The molecule has 3 fully saturated rings. The van der Waals surface area contributed by atoms with Crippen LogP contribution >= 0.6 is 11.8 Å². The van der Waals surface area contributed by atoms with Crippen LogP contribution in [0, 0.1) is 0 Å². The second kappa shape index (κ2) is 10.3. The summed E-state index contributed by atoms with van der Waals surface area (Å²) in [5.41, 5.74) is 0. The second-order valence-corrected chi connectivity index (χ2v) is 8.53. The lowest BCUT2D eigenvalue weighted by Crippen LogP contribution is -2.46. The van der Waals surface area contributed by atoms with Crippen molar-refractivity contribution >= 4 is 17.7 Å². The number of thioether (sulfide) groups is 1. The largest absolute Gasteiger partial charge is 0.508 e. The lowest BCUT2D eigenvalue weighted by molar-refractivity contribution is -0.133. The molecule has 150 valence electrons. The van der Waals surface area contributed by atoms with Crippen molar-refractivity contribution in [3.8, 4) is 5.75 Å². The highest BCUT2D eigenvalue weighted by Crippen LogP contribution is 2.25. The minimum absolute atomic E-state index is 0.111. The summed E-state index contributed by atoms with van der Waals surface area (Å²) in [6.07, 6.45) is 9.48. The molecular formula is C21H33N3O2S. The van der Waals surface area contributed by atoms with Gasteiger partial charge in [0, 0.05) is 37.1 Å². The fourth-order valence-electron chi connectivity index (χ4n) is 3.97. The van der Waals surface area contributed by atoms with E-state index in [4.69, 9.17) is 5.11 Å². The molecular weight excluding hydrogens is 358 g/mol. The van der Waals surface area contributed by atoms with Gasteiger partial charge < -0.3 is 15.3 Å². The quantitative estimate of drug-likeness (QED) is 0.776. The molecule has 4 rings (SSSR count). The first-order valence-corrected chi connectivity index (χ1v) is 11.5. The van der Waals surface area contributed by atoms with Crippen molar-refractivity contribution in [1.29, 1.82) is 0 Å². The summed E-state index contributed by atoms with van der Waals surface area (Å²) in [5.74, 6) is 0.677. The molecule has 2 heterocycles. The first kappa shape index (κ1) is 20.5. The molecule has 1 aliphatic carbocycles. The molecule has 6 heteroatoms. The molecule has 2 saturated heterocycles. The van der Waals surface area contributed by atoms with Gasteiger partial charge in [-0.3, -0.25) is 9.69 Å². The highest BCUT2D eigenvalue weighted by molar-refractivity contribution is 7.98. The van der Waals surface area contributed by atoms with Gasteiger partial charge in [0.1, 0.15) is 5.75 Å². The van der Waals surface area contributed by atoms with E-state index in [1.165, 1.54) is 30.7 Å². The Balaban J connectivity index is 0.000000197. The molecule has 0 spiro atoms. The van der Waals surface area contributed by atoms with Crippen LogP contribution in [-0.2, 0) is 4.79 Å². The average Bonchev–Trinajstić information content (AvgIpc) is 3.08. The van der Waals surface area contributed by atoms with Crippen molar-refractivity contribution in [2.45, 2.75) is 55.5 Å². The molecule has 5 nitrogen and oxygen atoms in total. The lowest BCUT2D eigenvalue weighted by Gasteiger charge is -2.36. The number of phenols is 1. The zero-order valence-corrected chi connectivity index (χ0v) is 17.2. The molecule has 1 atom stereocenters. The maximum absolute atomic E-state index is 12.4. The van der Waals surface area contributed by atoms with Crippen LogP contribution in [0.1, 0.15) is 38.5 Å². The summed E-state index contributed by atoms with van der Waals surface area (Å²) < 4.78 is 0. The van der Waals surface area contributed by atoms with Crippen LogP contribution in [0.15, 0.2) is 29.2 Å². The van der Waals surface area contributed by atoms with Crippen LogP contribution in [0.3, 0.4) is 0 Å². The fourth-order valence-corrected chi connectivity index (χ4v) is 4.38. The monoisotopic (exact) mass is 391 g/mol. The number of hydrogen-bond acceptors (Lipinski definition) is 5. The van der Waals surface area contributed by atoms with Crippen molar-refractivity contribution in [3.05, 3.63) is 24.3 Å². The zero-order chi connectivity index (χ0) is 19.1. The van der Waals surface area contributed by atoms with Crippen molar-refractivity contribution < 1.29 is 9.90 Å². The van der Waals surface area contributed by atoms with Gasteiger partial charge in [0.15, 0.2) is 0 Å². The van der Waals surface area contributed by atoms with Crippen LogP contribution in [-0.4, -0.2) is 71.9 Å². The molecule has 1 aromatic rings. The van der Waals surface area contributed by atoms with Crippen LogP contribution in [0.5, 0.6) is 5.75 Å². The standard InChI is InChI=1S/C14H25N3O.C7H8OS/c18-14(13-6-2-7-15-13)17-9-3-8-16(10-11-17)12-4-1-5-12;1-9-7-4-2-6(8)3-5-7/h12-13,15H,1-11H2;2-5,8H,1H3/t13-;/m1./s1. The van der Waals surface area contributed by atoms with Gasteiger partial charge in [-0.15, -0.1) is 11.8 Å². The molecule has 3 aliphatic rings. The van der Waals surface area contributed by atoms with Crippen molar-refractivity contribution in [2.24, 2.45) is 0 Å². The summed E-state index contributed by atoms with van der Waals surface area (Å²) in [5, 5.41) is 12.2. The number of hydrogen-bond donors (Lipinski definition) is 2. The van der Waals surface area contributed by atoms with Crippen LogP contribution in [0.4, 0.5) is 0 Å². The molecule has 27 heavy (non-hydrogen) atoms. The molecule has 0 bridgehead atoms. The second-order valence-electron chi connectivity index (χ2n) is 7.65. The van der Waals surface area contributed by atoms with Crippen LogP contribution < -0.4 is 5.32 Å². The minimum Gasteiger partial charge on any atom is -0.508 e. The number of carbonyl (C=O) groups is 1. The Kier molecular flexibility index (Phi) is 7.85. The summed E-state index contributed by atoms with van der Waals surface area (Å²) in [7, 11) is 0. The normalized spacial score (nSPS) is 23.9. The molecule has 0 radical (unpaired) electrons. The summed E-state index contributed by atoms with van der Waals surface area (Å²) in [6.45, 7) is 5.18. The third-order valence-electron chi connectivity index (χ3n) is 5.86. The predicted molar refractivity (Wildman–Crippen MR) is 111 cm³/mol. The molecule has 1 saturated carbocycles. The van der Waals surface area contributed by atoms with Gasteiger partial charge in [0.05, 0.1) is 6.04 Å². The number of amides is 1. The number of phenolic OH excluding ortho intramolecular Hbond substituents is 1. The van der Waals surface area contributed by atoms with E-state index in [1.54, 1.807) is 23.9 Å². The molecule has 0 aromatic heterocycles. The predicted octanol–water partition coefficient (Wildman–Crippen LogP) is 2.94. The Bertz CT molecular complexity index is 586. The Morgan fingerprint density at radius 1 is 1.04 bits per heavy atom. The summed E-state index contributed by atoms with van der Waals surface area (Å²) >= 11 is 1.67.